The van der Waals surface area contributed by atoms with Crippen LogP contribution >= 0.6 is 0 Å². The van der Waals surface area contributed by atoms with Gasteiger partial charge in [0.05, 0.1) is 19.0 Å². The summed E-state index contributed by atoms with van der Waals surface area (Å²) in [4.78, 5) is 4.70. The SMILES string of the molecule is COc1cccc(-c2cnc(-c3ccccc3)n2COCC[Si](C)(C)C)c1. The first-order valence-electron chi connectivity index (χ1n) is 9.31. The number of imidazole rings is 1. The number of hydrogen-bond donors (Lipinski definition) is 0. The zero-order valence-corrected chi connectivity index (χ0v) is 17.6. The summed E-state index contributed by atoms with van der Waals surface area (Å²) in [7, 11) is 0.573. The molecule has 0 spiro atoms. The molecule has 0 aliphatic heterocycles. The van der Waals surface area contributed by atoms with Gasteiger partial charge in [-0.1, -0.05) is 62.1 Å². The summed E-state index contributed by atoms with van der Waals surface area (Å²) in [5.41, 5.74) is 3.18. The summed E-state index contributed by atoms with van der Waals surface area (Å²) in [5.74, 6) is 1.75. The van der Waals surface area contributed by atoms with Crippen LogP contribution in [-0.4, -0.2) is 31.3 Å². The molecule has 0 saturated carbocycles. The van der Waals surface area contributed by atoms with E-state index in [0.717, 1.165) is 41.0 Å². The van der Waals surface area contributed by atoms with E-state index in [1.807, 2.05) is 42.6 Å². The number of ether oxygens (including phenoxy) is 2. The van der Waals surface area contributed by atoms with Crippen LogP contribution in [0.3, 0.4) is 0 Å². The minimum Gasteiger partial charge on any atom is -0.497 e. The van der Waals surface area contributed by atoms with Gasteiger partial charge in [-0.15, -0.1) is 0 Å². The summed E-state index contributed by atoms with van der Waals surface area (Å²) >= 11 is 0. The van der Waals surface area contributed by atoms with E-state index >= 15 is 0 Å². The van der Waals surface area contributed by atoms with Gasteiger partial charge in [0.2, 0.25) is 0 Å². The second kappa shape index (κ2) is 8.54. The first-order valence-corrected chi connectivity index (χ1v) is 13.0. The smallest absolute Gasteiger partial charge is 0.142 e. The molecule has 142 valence electrons. The average Bonchev–Trinajstić information content (AvgIpc) is 3.09. The minimum atomic E-state index is -1.11. The Bertz CT molecular complexity index is 870. The fourth-order valence-corrected chi connectivity index (χ4v) is 3.63. The van der Waals surface area contributed by atoms with Crippen LogP contribution in [0.2, 0.25) is 25.7 Å². The van der Waals surface area contributed by atoms with Crippen molar-refractivity contribution in [1.82, 2.24) is 9.55 Å². The monoisotopic (exact) mass is 380 g/mol. The third-order valence-electron chi connectivity index (χ3n) is 4.47. The second-order valence-electron chi connectivity index (χ2n) is 7.84. The average molecular weight is 381 g/mol. The van der Waals surface area contributed by atoms with Gasteiger partial charge < -0.3 is 9.47 Å². The normalized spacial score (nSPS) is 11.6. The Balaban J connectivity index is 1.92. The van der Waals surface area contributed by atoms with E-state index in [1.54, 1.807) is 7.11 Å². The Labute approximate surface area is 162 Å². The molecule has 0 N–H and O–H groups in total. The molecule has 27 heavy (non-hydrogen) atoms. The Morgan fingerprint density at radius 1 is 0.963 bits per heavy atom. The summed E-state index contributed by atoms with van der Waals surface area (Å²) in [5, 5.41) is 0. The van der Waals surface area contributed by atoms with Crippen molar-refractivity contribution >= 4 is 8.07 Å². The summed E-state index contributed by atoms with van der Waals surface area (Å²) in [6, 6.07) is 19.5. The van der Waals surface area contributed by atoms with Gasteiger partial charge in [0, 0.05) is 25.8 Å². The summed E-state index contributed by atoms with van der Waals surface area (Å²) < 4.78 is 13.6. The molecule has 3 aromatic rings. The van der Waals surface area contributed by atoms with Crippen LogP contribution in [-0.2, 0) is 11.5 Å². The molecule has 0 saturated heterocycles. The molecule has 1 heterocycles. The van der Waals surface area contributed by atoms with Crippen LogP contribution in [0.1, 0.15) is 0 Å². The lowest BCUT2D eigenvalue weighted by Gasteiger charge is -2.17. The molecular formula is C22H28N2O2Si. The zero-order chi connectivity index (χ0) is 19.3. The Hall–Kier alpha value is -2.37. The van der Waals surface area contributed by atoms with Gasteiger partial charge in [-0.25, -0.2) is 4.98 Å². The number of nitrogens with zero attached hydrogens (tertiary/aromatic N) is 2. The van der Waals surface area contributed by atoms with E-state index in [-0.39, 0.29) is 0 Å². The maximum atomic E-state index is 6.06. The molecule has 0 amide bonds. The Morgan fingerprint density at radius 2 is 1.70 bits per heavy atom. The number of hydrogen-bond acceptors (Lipinski definition) is 3. The van der Waals surface area contributed by atoms with Crippen LogP contribution in [0, 0.1) is 0 Å². The Morgan fingerprint density at radius 3 is 2.41 bits per heavy atom. The molecule has 1 aromatic heterocycles. The van der Waals surface area contributed by atoms with Gasteiger partial charge in [-0.05, 0) is 18.2 Å². The van der Waals surface area contributed by atoms with Crippen molar-refractivity contribution < 1.29 is 9.47 Å². The first kappa shape index (κ1) is 19.4. The molecule has 0 aliphatic rings. The molecule has 0 atom stereocenters. The van der Waals surface area contributed by atoms with Crippen LogP contribution < -0.4 is 4.74 Å². The zero-order valence-electron chi connectivity index (χ0n) is 16.6. The topological polar surface area (TPSA) is 36.3 Å². The van der Waals surface area contributed by atoms with Crippen molar-refractivity contribution in [2.75, 3.05) is 13.7 Å². The third-order valence-corrected chi connectivity index (χ3v) is 6.17. The second-order valence-corrected chi connectivity index (χ2v) is 13.5. The van der Waals surface area contributed by atoms with Crippen molar-refractivity contribution in [1.29, 1.82) is 0 Å². The lowest BCUT2D eigenvalue weighted by atomic mass is 10.1. The predicted molar refractivity (Wildman–Crippen MR) is 114 cm³/mol. The van der Waals surface area contributed by atoms with Crippen molar-refractivity contribution in [3.05, 3.63) is 60.8 Å². The van der Waals surface area contributed by atoms with Crippen molar-refractivity contribution in [2.45, 2.75) is 32.4 Å². The van der Waals surface area contributed by atoms with Crippen LogP contribution in [0.5, 0.6) is 5.75 Å². The highest BCUT2D eigenvalue weighted by Gasteiger charge is 2.16. The van der Waals surface area contributed by atoms with E-state index in [0.29, 0.717) is 6.73 Å². The molecule has 0 aliphatic carbocycles. The van der Waals surface area contributed by atoms with E-state index < -0.39 is 8.07 Å². The quantitative estimate of drug-likeness (QED) is 0.380. The molecule has 0 radical (unpaired) electrons. The van der Waals surface area contributed by atoms with E-state index in [4.69, 9.17) is 14.5 Å². The highest BCUT2D eigenvalue weighted by Crippen LogP contribution is 2.29. The lowest BCUT2D eigenvalue weighted by molar-refractivity contribution is 0.0893. The highest BCUT2D eigenvalue weighted by atomic mass is 28.3. The van der Waals surface area contributed by atoms with Crippen molar-refractivity contribution in [3.63, 3.8) is 0 Å². The van der Waals surface area contributed by atoms with E-state index in [2.05, 4.69) is 42.4 Å². The predicted octanol–water partition coefficient (Wildman–Crippen LogP) is 5.54. The van der Waals surface area contributed by atoms with Gasteiger partial charge in [0.15, 0.2) is 0 Å². The number of methoxy groups -OCH3 is 1. The molecule has 0 fully saturated rings. The molecule has 4 nitrogen and oxygen atoms in total. The molecule has 5 heteroatoms. The first-order chi connectivity index (χ1) is 13.0. The lowest BCUT2D eigenvalue weighted by Crippen LogP contribution is -2.22. The number of benzene rings is 2. The summed E-state index contributed by atoms with van der Waals surface area (Å²) in [6.07, 6.45) is 1.92. The van der Waals surface area contributed by atoms with Crippen LogP contribution in [0.25, 0.3) is 22.6 Å². The van der Waals surface area contributed by atoms with E-state index in [1.165, 1.54) is 0 Å². The van der Waals surface area contributed by atoms with Gasteiger partial charge in [0.1, 0.15) is 18.3 Å². The number of aromatic nitrogens is 2. The van der Waals surface area contributed by atoms with Crippen LogP contribution in [0.15, 0.2) is 60.8 Å². The molecule has 2 aromatic carbocycles. The molecule has 3 rings (SSSR count). The molecule has 0 unspecified atom stereocenters. The number of rotatable bonds is 8. The fourth-order valence-electron chi connectivity index (χ4n) is 2.87. The van der Waals surface area contributed by atoms with E-state index in [9.17, 15) is 0 Å². The maximum absolute atomic E-state index is 6.06. The van der Waals surface area contributed by atoms with Crippen molar-refractivity contribution in [2.24, 2.45) is 0 Å². The standard InChI is InChI=1S/C22H28N2O2Si/c1-25-20-12-8-11-19(15-20)21-16-23-22(18-9-6-5-7-10-18)24(21)17-26-13-14-27(2,3)4/h5-12,15-16H,13-14,17H2,1-4H3. The molecular weight excluding hydrogens is 352 g/mol. The summed E-state index contributed by atoms with van der Waals surface area (Å²) in [6.45, 7) is 8.36. The molecule has 0 bridgehead atoms. The minimum absolute atomic E-state index is 0.487. The van der Waals surface area contributed by atoms with Gasteiger partial charge in [-0.3, -0.25) is 4.57 Å². The highest BCUT2D eigenvalue weighted by molar-refractivity contribution is 6.76. The van der Waals surface area contributed by atoms with Gasteiger partial charge in [-0.2, -0.15) is 0 Å². The van der Waals surface area contributed by atoms with Gasteiger partial charge >= 0.3 is 0 Å². The largest absolute Gasteiger partial charge is 0.497 e. The fraction of sp³-hybridized carbons (Fsp3) is 0.318. The Kier molecular flexibility index (Phi) is 6.14. The third kappa shape index (κ3) is 5.08. The van der Waals surface area contributed by atoms with Crippen LogP contribution in [0.4, 0.5) is 0 Å². The van der Waals surface area contributed by atoms with Crippen molar-refractivity contribution in [3.8, 4) is 28.4 Å². The maximum Gasteiger partial charge on any atom is 0.142 e. The van der Waals surface area contributed by atoms with Gasteiger partial charge in [0.25, 0.3) is 0 Å².